The van der Waals surface area contributed by atoms with Gasteiger partial charge in [0.2, 0.25) is 0 Å². The second-order valence-electron chi connectivity index (χ2n) is 6.25. The average molecular weight is 366 g/mol. The fraction of sp³-hybridized carbons (Fsp3) is 0.0952. The lowest BCUT2D eigenvalue weighted by atomic mass is 10.2. The summed E-state index contributed by atoms with van der Waals surface area (Å²) in [4.78, 5) is 13.0. The van der Waals surface area contributed by atoms with Crippen LogP contribution in [-0.2, 0) is 12.4 Å². The first kappa shape index (κ1) is 16.7. The first-order valence-electron chi connectivity index (χ1n) is 8.38. The molecule has 1 N–H and O–H groups in total. The molecule has 0 saturated heterocycles. The third kappa shape index (κ3) is 3.18. The Morgan fingerprint density at radius 3 is 2.50 bits per heavy atom. The molecular weight excluding hydrogens is 347 g/mol. The second-order valence-corrected chi connectivity index (χ2v) is 9.12. The van der Waals surface area contributed by atoms with Gasteiger partial charge in [-0.05, 0) is 46.0 Å². The maximum atomic E-state index is 13.0. The zero-order valence-corrected chi connectivity index (χ0v) is 15.0. The third-order valence-corrected chi connectivity index (χ3v) is 7.31. The summed E-state index contributed by atoms with van der Waals surface area (Å²) >= 11 is 0. The van der Waals surface area contributed by atoms with Crippen molar-refractivity contribution in [3.63, 3.8) is 0 Å². The van der Waals surface area contributed by atoms with Gasteiger partial charge in [0.1, 0.15) is 5.82 Å². The molecule has 0 aliphatic carbocycles. The van der Waals surface area contributed by atoms with Crippen molar-refractivity contribution in [2.45, 2.75) is 12.4 Å². The number of carbonyl (C=O) groups is 1. The van der Waals surface area contributed by atoms with Crippen LogP contribution in [0.2, 0.25) is 0 Å². The van der Waals surface area contributed by atoms with Crippen molar-refractivity contribution in [2.75, 3.05) is 0 Å². The molecule has 0 bridgehead atoms. The van der Waals surface area contributed by atoms with Gasteiger partial charge in [-0.1, -0.05) is 42.5 Å². The van der Waals surface area contributed by atoms with E-state index in [2.05, 4.69) is 28.1 Å². The van der Waals surface area contributed by atoms with Gasteiger partial charge in [0.05, 0.1) is 5.88 Å². The summed E-state index contributed by atoms with van der Waals surface area (Å²) in [5, 5.41) is 8.24. The van der Waals surface area contributed by atoms with Gasteiger partial charge in [-0.3, -0.25) is 4.79 Å². The van der Waals surface area contributed by atoms with E-state index in [1.807, 2.05) is 41.3 Å². The molecule has 132 valence electrons. The van der Waals surface area contributed by atoms with Crippen LogP contribution in [0.25, 0.3) is 10.9 Å². The number of fused-ring (bicyclic) bond motifs is 1. The lowest BCUT2D eigenvalue weighted by molar-refractivity contribution is 0.260. The third-order valence-electron chi connectivity index (χ3n) is 4.48. The molecule has 1 aliphatic heterocycles. The highest BCUT2D eigenvalue weighted by Crippen LogP contribution is 2.56. The zero-order valence-electron chi connectivity index (χ0n) is 14.1. The number of hydrogen-bond donors (Lipinski definition) is 1. The van der Waals surface area contributed by atoms with Crippen LogP contribution >= 0.6 is 10.0 Å². The monoisotopic (exact) mass is 366 g/mol. The van der Waals surface area contributed by atoms with Gasteiger partial charge < -0.3 is 9.88 Å². The normalized spacial score (nSPS) is 16.0. The Labute approximate surface area is 153 Å². The van der Waals surface area contributed by atoms with E-state index < -0.39 is 10.0 Å². The lowest BCUT2D eigenvalue weighted by Crippen LogP contribution is -2.26. The maximum absolute atomic E-state index is 13.0. The molecule has 0 radical (unpaired) electrons. The van der Waals surface area contributed by atoms with Crippen molar-refractivity contribution in [3.05, 3.63) is 95.1 Å². The molecule has 1 aromatic heterocycles. The highest BCUT2D eigenvalue weighted by atomic mass is 32.3. The molecule has 0 spiro atoms. The molecule has 26 heavy (non-hydrogen) atoms. The first-order chi connectivity index (χ1) is 12.7. The number of aromatic nitrogens is 1. The molecule has 3 nitrogen and oxygen atoms in total. The summed E-state index contributed by atoms with van der Waals surface area (Å²) in [5.41, 5.74) is 2.01. The number of allylic oxidation sites excluding steroid dienone is 2. The standard InChI is InChI=1S/C21H19FN2OS/c22-19-9-7-17(8-10-19)15-23-21(25)26(13-3-4-14-26)16-24-12-11-18-5-1-2-6-20(18)24/h1-14H,15-16H2,(H,23,25). The molecule has 0 unspecified atom stereocenters. The van der Waals surface area contributed by atoms with E-state index in [0.717, 1.165) is 11.1 Å². The van der Waals surface area contributed by atoms with E-state index in [1.54, 1.807) is 12.1 Å². The maximum Gasteiger partial charge on any atom is 0.270 e. The summed E-state index contributed by atoms with van der Waals surface area (Å²) in [7, 11) is -1.75. The lowest BCUT2D eigenvalue weighted by Gasteiger charge is -2.30. The number of para-hydroxylation sites is 1. The van der Waals surface area contributed by atoms with Gasteiger partial charge in [0.25, 0.3) is 5.24 Å². The van der Waals surface area contributed by atoms with Crippen LogP contribution in [0.1, 0.15) is 5.56 Å². The van der Waals surface area contributed by atoms with Crippen LogP contribution < -0.4 is 5.32 Å². The van der Waals surface area contributed by atoms with Crippen molar-refractivity contribution in [1.82, 2.24) is 9.88 Å². The van der Waals surface area contributed by atoms with Crippen molar-refractivity contribution < 1.29 is 9.18 Å². The fourth-order valence-electron chi connectivity index (χ4n) is 3.08. The number of halogens is 1. The summed E-state index contributed by atoms with van der Waals surface area (Å²) in [6.07, 6.45) is 5.92. The molecule has 5 heteroatoms. The highest BCUT2D eigenvalue weighted by molar-refractivity contribution is 8.48. The van der Waals surface area contributed by atoms with Crippen molar-refractivity contribution in [1.29, 1.82) is 0 Å². The Balaban J connectivity index is 1.54. The fourth-order valence-corrected chi connectivity index (χ4v) is 5.47. The predicted molar refractivity (Wildman–Crippen MR) is 106 cm³/mol. The number of nitrogens with zero attached hydrogens (tertiary/aromatic N) is 1. The Morgan fingerprint density at radius 1 is 1.00 bits per heavy atom. The van der Waals surface area contributed by atoms with E-state index in [4.69, 9.17) is 0 Å². The van der Waals surface area contributed by atoms with Gasteiger partial charge in [-0.2, -0.15) is 0 Å². The van der Waals surface area contributed by atoms with Crippen LogP contribution in [0.5, 0.6) is 0 Å². The number of hydrogen-bond acceptors (Lipinski definition) is 1. The number of amides is 1. The minimum atomic E-state index is -1.75. The van der Waals surface area contributed by atoms with Gasteiger partial charge >= 0.3 is 0 Å². The van der Waals surface area contributed by atoms with Crippen LogP contribution in [0.3, 0.4) is 0 Å². The molecule has 2 aromatic carbocycles. The molecule has 0 fully saturated rings. The smallest absolute Gasteiger partial charge is 0.270 e. The molecule has 4 rings (SSSR count). The summed E-state index contributed by atoms with van der Waals surface area (Å²) in [6, 6.07) is 16.4. The molecule has 3 aromatic rings. The number of carbonyl (C=O) groups excluding carboxylic acids is 1. The molecule has 1 amide bonds. The van der Waals surface area contributed by atoms with Crippen molar-refractivity contribution >= 4 is 26.2 Å². The summed E-state index contributed by atoms with van der Waals surface area (Å²) < 4.78 is 15.2. The highest BCUT2D eigenvalue weighted by Gasteiger charge is 2.30. The van der Waals surface area contributed by atoms with E-state index in [-0.39, 0.29) is 11.1 Å². The number of nitrogens with one attached hydrogen (secondary N) is 1. The molecule has 0 saturated carbocycles. The Morgan fingerprint density at radius 2 is 1.73 bits per heavy atom. The SMILES string of the molecule is O=C(NCc1ccc(F)cc1)S1(Cn2ccc3ccccc32)C=CC=C1. The molecule has 1 aliphatic rings. The van der Waals surface area contributed by atoms with E-state index in [1.165, 1.54) is 17.5 Å². The summed E-state index contributed by atoms with van der Waals surface area (Å²) in [6.45, 7) is 0.391. The second kappa shape index (κ2) is 6.84. The Kier molecular flexibility index (Phi) is 4.39. The van der Waals surface area contributed by atoms with E-state index in [9.17, 15) is 9.18 Å². The molecule has 2 heterocycles. The van der Waals surface area contributed by atoms with E-state index >= 15 is 0 Å². The van der Waals surface area contributed by atoms with E-state index in [0.29, 0.717) is 12.4 Å². The first-order valence-corrected chi connectivity index (χ1v) is 10.3. The van der Waals surface area contributed by atoms with Crippen LogP contribution in [0, 0.1) is 5.82 Å². The summed E-state index contributed by atoms with van der Waals surface area (Å²) in [5.74, 6) is 0.339. The largest absolute Gasteiger partial charge is 0.344 e. The minimum Gasteiger partial charge on any atom is -0.344 e. The van der Waals surface area contributed by atoms with Crippen molar-refractivity contribution in [3.8, 4) is 0 Å². The van der Waals surface area contributed by atoms with Gasteiger partial charge in [0, 0.05) is 18.3 Å². The topological polar surface area (TPSA) is 34.0 Å². The molecular formula is C21H19FN2OS. The predicted octanol–water partition coefficient (Wildman–Crippen LogP) is 5.49. The van der Waals surface area contributed by atoms with Crippen LogP contribution in [0.4, 0.5) is 9.18 Å². The minimum absolute atomic E-state index is 0.0182. The number of benzene rings is 2. The number of rotatable bonds is 4. The Bertz CT molecular complexity index is 992. The molecule has 0 atom stereocenters. The van der Waals surface area contributed by atoms with Gasteiger partial charge in [-0.15, -0.1) is 10.0 Å². The quantitative estimate of drug-likeness (QED) is 0.650. The zero-order chi connectivity index (χ0) is 18.0. The van der Waals surface area contributed by atoms with Crippen LogP contribution in [-0.4, -0.2) is 9.81 Å². The van der Waals surface area contributed by atoms with Crippen LogP contribution in [0.15, 0.2) is 83.8 Å². The Hall–Kier alpha value is -2.79. The van der Waals surface area contributed by atoms with Crippen molar-refractivity contribution in [2.24, 2.45) is 0 Å². The average Bonchev–Trinajstić information content (AvgIpc) is 3.30. The van der Waals surface area contributed by atoms with Gasteiger partial charge in [-0.25, -0.2) is 4.39 Å². The van der Waals surface area contributed by atoms with Gasteiger partial charge in [0.15, 0.2) is 0 Å².